The van der Waals surface area contributed by atoms with Crippen molar-refractivity contribution in [2.75, 3.05) is 0 Å². The van der Waals surface area contributed by atoms with Crippen LogP contribution in [0, 0.1) is 18.6 Å². The van der Waals surface area contributed by atoms with Gasteiger partial charge in [0.15, 0.2) is 0 Å². The fraction of sp³-hybridized carbons (Fsp3) is 0.0500. The number of rotatable bonds is 2. The zero-order valence-corrected chi connectivity index (χ0v) is 13.0. The van der Waals surface area contributed by atoms with Crippen LogP contribution in [-0.2, 0) is 0 Å². The molecule has 24 heavy (non-hydrogen) atoms. The highest BCUT2D eigenvalue weighted by Crippen LogP contribution is 2.32. The first-order chi connectivity index (χ1) is 11.7. The summed E-state index contributed by atoms with van der Waals surface area (Å²) in [6.45, 7) is 1.98. The molecule has 0 aliphatic heterocycles. The van der Waals surface area contributed by atoms with Gasteiger partial charge in [-0.2, -0.15) is 0 Å². The Morgan fingerprint density at radius 1 is 0.917 bits per heavy atom. The first-order valence-electron chi connectivity index (χ1n) is 7.62. The van der Waals surface area contributed by atoms with Crippen LogP contribution in [0.2, 0.25) is 0 Å². The summed E-state index contributed by atoms with van der Waals surface area (Å²) >= 11 is 0. The Balaban J connectivity index is 1.94. The van der Waals surface area contributed by atoms with E-state index in [2.05, 4.69) is 4.98 Å². The molecular weight excluding hydrogens is 306 g/mol. The van der Waals surface area contributed by atoms with Crippen LogP contribution in [0.25, 0.3) is 27.7 Å². The van der Waals surface area contributed by atoms with Crippen LogP contribution in [0.15, 0.2) is 67.1 Å². The maximum absolute atomic E-state index is 15.0. The van der Waals surface area contributed by atoms with Crippen molar-refractivity contribution < 1.29 is 8.78 Å². The number of hydrogen-bond donors (Lipinski definition) is 0. The Morgan fingerprint density at radius 3 is 2.54 bits per heavy atom. The Hall–Kier alpha value is -3.01. The monoisotopic (exact) mass is 320 g/mol. The molecular formula is C20H14F2N2. The zero-order chi connectivity index (χ0) is 16.7. The Kier molecular flexibility index (Phi) is 3.38. The lowest BCUT2D eigenvalue weighted by Gasteiger charge is -2.10. The molecule has 0 aliphatic rings. The maximum atomic E-state index is 15.0. The molecule has 0 N–H and O–H groups in total. The lowest BCUT2D eigenvalue weighted by molar-refractivity contribution is 0.621. The van der Waals surface area contributed by atoms with Gasteiger partial charge in [0, 0.05) is 28.9 Å². The van der Waals surface area contributed by atoms with Crippen molar-refractivity contribution in [1.29, 1.82) is 0 Å². The fourth-order valence-corrected chi connectivity index (χ4v) is 2.99. The molecule has 0 bridgehead atoms. The standard InChI is InChI=1S/C20H14F2N2/c1-13-8-10-23-12-19(13)24-11-9-16-18(24)7-6-15(20(16)22)14-4-2-3-5-17(14)21/h2-12H,1H3. The average molecular weight is 320 g/mol. The second-order valence-corrected chi connectivity index (χ2v) is 5.69. The highest BCUT2D eigenvalue weighted by atomic mass is 19.1. The van der Waals surface area contributed by atoms with E-state index in [1.54, 1.807) is 42.7 Å². The molecule has 0 unspecified atom stereocenters. The van der Waals surface area contributed by atoms with Gasteiger partial charge in [0.05, 0.1) is 17.4 Å². The summed E-state index contributed by atoms with van der Waals surface area (Å²) in [5, 5.41) is 0.457. The minimum Gasteiger partial charge on any atom is -0.315 e. The summed E-state index contributed by atoms with van der Waals surface area (Å²) in [5.74, 6) is -0.851. The van der Waals surface area contributed by atoms with Gasteiger partial charge >= 0.3 is 0 Å². The van der Waals surface area contributed by atoms with Crippen molar-refractivity contribution in [2.24, 2.45) is 0 Å². The predicted molar refractivity (Wildman–Crippen MR) is 91.2 cm³/mol. The van der Waals surface area contributed by atoms with E-state index in [4.69, 9.17) is 0 Å². The molecule has 2 heterocycles. The molecule has 0 fully saturated rings. The first-order valence-corrected chi connectivity index (χ1v) is 7.62. The number of benzene rings is 2. The molecule has 2 aromatic carbocycles. The summed E-state index contributed by atoms with van der Waals surface area (Å²) < 4.78 is 30.9. The van der Waals surface area contributed by atoms with Crippen molar-refractivity contribution in [3.8, 4) is 16.8 Å². The second-order valence-electron chi connectivity index (χ2n) is 5.69. The number of nitrogens with zero attached hydrogens (tertiary/aromatic N) is 2. The zero-order valence-electron chi connectivity index (χ0n) is 13.0. The summed E-state index contributed by atoms with van der Waals surface area (Å²) in [5.41, 5.74) is 3.19. The lowest BCUT2D eigenvalue weighted by atomic mass is 10.0. The molecule has 2 nitrogen and oxygen atoms in total. The van der Waals surface area contributed by atoms with Gasteiger partial charge in [0.25, 0.3) is 0 Å². The van der Waals surface area contributed by atoms with Crippen LogP contribution in [-0.4, -0.2) is 9.55 Å². The minimum absolute atomic E-state index is 0.265. The molecule has 0 atom stereocenters. The topological polar surface area (TPSA) is 17.8 Å². The maximum Gasteiger partial charge on any atom is 0.140 e. The minimum atomic E-state index is -0.432. The summed E-state index contributed by atoms with van der Waals surface area (Å²) in [7, 11) is 0. The van der Waals surface area contributed by atoms with Crippen LogP contribution in [0.1, 0.15) is 5.56 Å². The largest absolute Gasteiger partial charge is 0.315 e. The number of pyridine rings is 1. The van der Waals surface area contributed by atoms with Gasteiger partial charge in [0.1, 0.15) is 11.6 Å². The molecule has 0 radical (unpaired) electrons. The first kappa shape index (κ1) is 14.6. The van der Waals surface area contributed by atoms with Gasteiger partial charge < -0.3 is 4.57 Å². The number of fused-ring (bicyclic) bond motifs is 1. The number of hydrogen-bond acceptors (Lipinski definition) is 1. The number of aromatic nitrogens is 2. The third-order valence-electron chi connectivity index (χ3n) is 4.24. The van der Waals surface area contributed by atoms with Crippen LogP contribution < -0.4 is 0 Å². The van der Waals surface area contributed by atoms with E-state index in [0.717, 1.165) is 16.8 Å². The van der Waals surface area contributed by atoms with Gasteiger partial charge in [-0.15, -0.1) is 0 Å². The van der Waals surface area contributed by atoms with E-state index < -0.39 is 11.6 Å². The highest BCUT2D eigenvalue weighted by molar-refractivity contribution is 5.88. The Labute approximate surface area is 138 Å². The molecule has 4 rings (SSSR count). The quantitative estimate of drug-likeness (QED) is 0.491. The van der Waals surface area contributed by atoms with Gasteiger partial charge in [-0.3, -0.25) is 4.98 Å². The van der Waals surface area contributed by atoms with E-state index in [0.29, 0.717) is 5.39 Å². The molecule has 2 aromatic heterocycles. The third-order valence-corrected chi connectivity index (χ3v) is 4.24. The Morgan fingerprint density at radius 2 is 1.75 bits per heavy atom. The van der Waals surface area contributed by atoms with Crippen LogP contribution in [0.4, 0.5) is 8.78 Å². The van der Waals surface area contributed by atoms with Crippen molar-refractivity contribution in [2.45, 2.75) is 6.92 Å². The highest BCUT2D eigenvalue weighted by Gasteiger charge is 2.15. The molecule has 0 amide bonds. The van der Waals surface area contributed by atoms with Crippen LogP contribution in [0.3, 0.4) is 0 Å². The Bertz CT molecular complexity index is 1050. The third kappa shape index (κ3) is 2.19. The van der Waals surface area contributed by atoms with E-state index >= 15 is 0 Å². The van der Waals surface area contributed by atoms with Crippen LogP contribution >= 0.6 is 0 Å². The summed E-state index contributed by atoms with van der Waals surface area (Å²) in [4.78, 5) is 4.14. The number of aryl methyl sites for hydroxylation is 1. The van der Waals surface area contributed by atoms with Crippen molar-refractivity contribution in [1.82, 2.24) is 9.55 Å². The van der Waals surface area contributed by atoms with Crippen molar-refractivity contribution >= 4 is 10.9 Å². The van der Waals surface area contributed by atoms with E-state index in [1.165, 1.54) is 6.07 Å². The molecule has 0 aliphatic carbocycles. The second kappa shape index (κ2) is 5.57. The van der Waals surface area contributed by atoms with Gasteiger partial charge in [0.2, 0.25) is 0 Å². The molecule has 4 heteroatoms. The SMILES string of the molecule is Cc1ccncc1-n1ccc2c(F)c(-c3ccccc3F)ccc21. The molecule has 0 saturated carbocycles. The van der Waals surface area contributed by atoms with E-state index in [1.807, 2.05) is 29.8 Å². The molecule has 4 aromatic rings. The summed E-state index contributed by atoms with van der Waals surface area (Å²) in [6, 6.07) is 13.3. The van der Waals surface area contributed by atoms with Gasteiger partial charge in [-0.25, -0.2) is 8.78 Å². The van der Waals surface area contributed by atoms with Crippen LogP contribution in [0.5, 0.6) is 0 Å². The predicted octanol–water partition coefficient (Wildman–Crippen LogP) is 5.28. The lowest BCUT2D eigenvalue weighted by Crippen LogP contribution is -1.97. The fourth-order valence-electron chi connectivity index (χ4n) is 2.99. The van der Waals surface area contributed by atoms with Crippen molar-refractivity contribution in [3.63, 3.8) is 0 Å². The van der Waals surface area contributed by atoms with Gasteiger partial charge in [-0.1, -0.05) is 18.2 Å². The normalized spacial score (nSPS) is 11.1. The number of halogens is 2. The molecule has 0 spiro atoms. The van der Waals surface area contributed by atoms with Crippen molar-refractivity contribution in [3.05, 3.63) is 84.3 Å². The molecule has 118 valence electrons. The average Bonchev–Trinajstić information content (AvgIpc) is 3.01. The van der Waals surface area contributed by atoms with E-state index in [9.17, 15) is 8.78 Å². The van der Waals surface area contributed by atoms with Gasteiger partial charge in [-0.05, 0) is 42.8 Å². The molecule has 0 saturated heterocycles. The van der Waals surface area contributed by atoms with E-state index in [-0.39, 0.29) is 11.1 Å². The summed E-state index contributed by atoms with van der Waals surface area (Å²) in [6.07, 6.45) is 5.28. The smallest absolute Gasteiger partial charge is 0.140 e.